The number of likely N-dealkylation sites (N-methyl/N-ethyl adjacent to an activating group) is 1. The number of nitrogens with zero attached hydrogens (tertiary/aromatic N) is 2. The van der Waals surface area contributed by atoms with E-state index in [2.05, 4.69) is 5.32 Å². The van der Waals surface area contributed by atoms with Gasteiger partial charge in [0.2, 0.25) is 11.8 Å². The molecule has 2 amide bonds. The first-order chi connectivity index (χ1) is 17.0. The highest BCUT2D eigenvalue weighted by molar-refractivity contribution is 7.92. The van der Waals surface area contributed by atoms with Crippen LogP contribution in [-0.2, 0) is 26.2 Å². The lowest BCUT2D eigenvalue weighted by molar-refractivity contribution is -0.139. The van der Waals surface area contributed by atoms with Gasteiger partial charge in [0, 0.05) is 18.6 Å². The third-order valence-electron chi connectivity index (χ3n) is 5.48. The minimum atomic E-state index is -4.15. The van der Waals surface area contributed by atoms with Crippen molar-refractivity contribution in [3.8, 4) is 0 Å². The van der Waals surface area contributed by atoms with Gasteiger partial charge in [-0.05, 0) is 61.0 Å². The fourth-order valence-corrected chi connectivity index (χ4v) is 5.34. The Morgan fingerprint density at radius 2 is 1.56 bits per heavy atom. The molecule has 0 spiro atoms. The maximum absolute atomic E-state index is 13.6. The van der Waals surface area contributed by atoms with E-state index in [-0.39, 0.29) is 11.4 Å². The van der Waals surface area contributed by atoms with E-state index in [0.29, 0.717) is 26.3 Å². The number of anilines is 1. The zero-order valence-corrected chi connectivity index (χ0v) is 22.6. The van der Waals surface area contributed by atoms with Gasteiger partial charge in [0.1, 0.15) is 12.6 Å². The quantitative estimate of drug-likeness (QED) is 0.393. The minimum Gasteiger partial charge on any atom is -0.357 e. The SMILES string of the molecule is CNC(=O)[C@@H](C)N(Cc1ccc(Cl)c(Cl)c1)C(=O)CN(c1ccccc1)S(=O)(=O)c1ccc(Cl)cc1. The Hall–Kier alpha value is -2.78. The Labute approximate surface area is 225 Å². The Kier molecular flexibility index (Phi) is 9.24. The number of hydrogen-bond acceptors (Lipinski definition) is 4. The monoisotopic (exact) mass is 567 g/mol. The molecule has 0 aliphatic rings. The molecule has 0 aliphatic heterocycles. The molecule has 0 unspecified atom stereocenters. The lowest BCUT2D eigenvalue weighted by Crippen LogP contribution is -2.50. The summed E-state index contributed by atoms with van der Waals surface area (Å²) in [5, 5.41) is 3.55. The molecule has 0 aliphatic carbocycles. The van der Waals surface area contributed by atoms with Gasteiger partial charge in [-0.15, -0.1) is 0 Å². The van der Waals surface area contributed by atoms with Crippen molar-refractivity contribution in [1.82, 2.24) is 10.2 Å². The standard InChI is InChI=1S/C25H24Cl3N3O4S/c1-17(25(33)29-2)30(15-18-8-13-22(27)23(28)14-18)24(32)16-31(20-6-4-3-5-7-20)36(34,35)21-11-9-19(26)10-12-21/h3-14,17H,15-16H2,1-2H3,(H,29,33)/t17-/m1/s1. The minimum absolute atomic E-state index is 0.00787. The van der Waals surface area contributed by atoms with Gasteiger partial charge in [0.05, 0.1) is 20.6 Å². The molecule has 3 aromatic rings. The van der Waals surface area contributed by atoms with Crippen LogP contribution in [0.4, 0.5) is 5.69 Å². The lowest BCUT2D eigenvalue weighted by Gasteiger charge is -2.31. The number of hydrogen-bond donors (Lipinski definition) is 1. The molecule has 0 heterocycles. The molecule has 0 bridgehead atoms. The fourth-order valence-electron chi connectivity index (χ4n) is 3.48. The Morgan fingerprint density at radius 3 is 2.14 bits per heavy atom. The van der Waals surface area contributed by atoms with E-state index < -0.39 is 34.4 Å². The number of nitrogens with one attached hydrogen (secondary N) is 1. The van der Waals surface area contributed by atoms with Crippen LogP contribution in [0.25, 0.3) is 0 Å². The van der Waals surface area contributed by atoms with Crippen molar-refractivity contribution in [1.29, 1.82) is 0 Å². The maximum atomic E-state index is 13.6. The summed E-state index contributed by atoms with van der Waals surface area (Å²) in [5.74, 6) is -0.992. The topological polar surface area (TPSA) is 86.8 Å². The van der Waals surface area contributed by atoms with Crippen molar-refractivity contribution in [2.45, 2.75) is 24.4 Å². The molecule has 0 saturated heterocycles. The van der Waals surface area contributed by atoms with Gasteiger partial charge in [-0.2, -0.15) is 0 Å². The Morgan fingerprint density at radius 1 is 0.917 bits per heavy atom. The average Bonchev–Trinajstić information content (AvgIpc) is 2.87. The average molecular weight is 569 g/mol. The van der Waals surface area contributed by atoms with Crippen molar-refractivity contribution < 1.29 is 18.0 Å². The number of carbonyl (C=O) groups excluding carboxylic acids is 2. The Balaban J connectivity index is 2.01. The number of halogens is 3. The highest BCUT2D eigenvalue weighted by atomic mass is 35.5. The van der Waals surface area contributed by atoms with E-state index in [4.69, 9.17) is 34.8 Å². The zero-order valence-electron chi connectivity index (χ0n) is 19.5. The first-order valence-electron chi connectivity index (χ1n) is 10.8. The highest BCUT2D eigenvalue weighted by Crippen LogP contribution is 2.26. The van der Waals surface area contributed by atoms with Crippen LogP contribution in [0.15, 0.2) is 77.7 Å². The van der Waals surface area contributed by atoms with Gasteiger partial charge in [-0.25, -0.2) is 8.42 Å². The summed E-state index contributed by atoms with van der Waals surface area (Å²) in [4.78, 5) is 27.4. The zero-order chi connectivity index (χ0) is 26.5. The van der Waals surface area contributed by atoms with E-state index in [1.165, 1.54) is 36.2 Å². The summed E-state index contributed by atoms with van der Waals surface area (Å²) >= 11 is 18.1. The number of benzene rings is 3. The number of amides is 2. The van der Waals surface area contributed by atoms with Crippen LogP contribution < -0.4 is 9.62 Å². The van der Waals surface area contributed by atoms with E-state index in [1.54, 1.807) is 55.5 Å². The molecule has 3 rings (SSSR count). The number of carbonyl (C=O) groups is 2. The van der Waals surface area contributed by atoms with E-state index in [1.807, 2.05) is 0 Å². The number of rotatable bonds is 9. The molecule has 36 heavy (non-hydrogen) atoms. The van der Waals surface area contributed by atoms with E-state index in [0.717, 1.165) is 4.31 Å². The second-order valence-electron chi connectivity index (χ2n) is 7.86. The molecule has 11 heteroatoms. The van der Waals surface area contributed by atoms with Crippen LogP contribution in [0.5, 0.6) is 0 Å². The first kappa shape index (κ1) is 27.8. The van der Waals surface area contributed by atoms with Gasteiger partial charge in [0.15, 0.2) is 0 Å². The predicted octanol–water partition coefficient (Wildman–Crippen LogP) is 5.01. The van der Waals surface area contributed by atoms with Crippen molar-refractivity contribution in [3.63, 3.8) is 0 Å². The number of sulfonamides is 1. The highest BCUT2D eigenvalue weighted by Gasteiger charge is 2.32. The van der Waals surface area contributed by atoms with Gasteiger partial charge in [-0.3, -0.25) is 13.9 Å². The van der Waals surface area contributed by atoms with Crippen molar-refractivity contribution >= 4 is 62.3 Å². The predicted molar refractivity (Wildman–Crippen MR) is 143 cm³/mol. The molecule has 3 aromatic carbocycles. The van der Waals surface area contributed by atoms with Gasteiger partial charge >= 0.3 is 0 Å². The molecule has 7 nitrogen and oxygen atoms in total. The van der Waals surface area contributed by atoms with Crippen molar-refractivity contribution in [3.05, 3.63) is 93.4 Å². The third kappa shape index (κ3) is 6.50. The molecule has 1 N–H and O–H groups in total. The summed E-state index contributed by atoms with van der Waals surface area (Å²) in [6.45, 7) is 1.03. The van der Waals surface area contributed by atoms with E-state index >= 15 is 0 Å². The van der Waals surface area contributed by atoms with Crippen LogP contribution in [0.1, 0.15) is 12.5 Å². The lowest BCUT2D eigenvalue weighted by atomic mass is 10.1. The Bertz CT molecular complexity index is 1340. The van der Waals surface area contributed by atoms with Crippen molar-refractivity contribution in [2.24, 2.45) is 0 Å². The second-order valence-corrected chi connectivity index (χ2v) is 11.0. The summed E-state index contributed by atoms with van der Waals surface area (Å²) in [6, 6.07) is 17.9. The van der Waals surface area contributed by atoms with Crippen LogP contribution in [0.3, 0.4) is 0 Å². The normalized spacial score (nSPS) is 12.0. The van der Waals surface area contributed by atoms with Gasteiger partial charge < -0.3 is 10.2 Å². The molecular weight excluding hydrogens is 545 g/mol. The molecule has 190 valence electrons. The summed E-state index contributed by atoms with van der Waals surface area (Å²) in [5.41, 5.74) is 0.920. The van der Waals surface area contributed by atoms with Gasteiger partial charge in [0.25, 0.3) is 10.0 Å². The van der Waals surface area contributed by atoms with Crippen LogP contribution in [0, 0.1) is 0 Å². The fraction of sp³-hybridized carbons (Fsp3) is 0.200. The third-order valence-corrected chi connectivity index (χ3v) is 8.25. The van der Waals surface area contributed by atoms with Crippen LogP contribution >= 0.6 is 34.8 Å². The number of para-hydroxylation sites is 1. The molecule has 0 saturated carbocycles. The summed E-state index contributed by atoms with van der Waals surface area (Å²) in [7, 11) is -2.69. The van der Waals surface area contributed by atoms with Crippen molar-refractivity contribution in [2.75, 3.05) is 17.9 Å². The molecule has 0 fully saturated rings. The second kappa shape index (κ2) is 12.0. The van der Waals surface area contributed by atoms with E-state index in [9.17, 15) is 18.0 Å². The first-order valence-corrected chi connectivity index (χ1v) is 13.4. The van der Waals surface area contributed by atoms with Crippen LogP contribution in [-0.4, -0.2) is 44.8 Å². The molecule has 0 aromatic heterocycles. The summed E-state index contributed by atoms with van der Waals surface area (Å²) < 4.78 is 28.2. The maximum Gasteiger partial charge on any atom is 0.264 e. The molecular formula is C25H24Cl3N3O4S. The van der Waals surface area contributed by atoms with Gasteiger partial charge in [-0.1, -0.05) is 59.1 Å². The molecule has 0 radical (unpaired) electrons. The largest absolute Gasteiger partial charge is 0.357 e. The smallest absolute Gasteiger partial charge is 0.264 e. The summed E-state index contributed by atoms with van der Waals surface area (Å²) in [6.07, 6.45) is 0. The van der Waals surface area contributed by atoms with Crippen LogP contribution in [0.2, 0.25) is 15.1 Å². The molecule has 1 atom stereocenters.